The molecule has 3 nitrogen and oxygen atoms in total. The molecule has 1 atom stereocenters. The Morgan fingerprint density at radius 2 is 2.06 bits per heavy atom. The molecule has 0 saturated heterocycles. The maximum atomic E-state index is 12.1. The standard InChI is InChI=1S/C14H19NO2/c1-11(17-2)14(16)15-9-5-8-12-6-3-4-7-13(12)10-15/h3-4,6-7,11H,5,8-10H2,1-2H3. The van der Waals surface area contributed by atoms with Crippen molar-refractivity contribution in [1.29, 1.82) is 0 Å². The molecule has 0 spiro atoms. The molecule has 17 heavy (non-hydrogen) atoms. The molecule has 1 amide bonds. The summed E-state index contributed by atoms with van der Waals surface area (Å²) in [6.07, 6.45) is 1.74. The van der Waals surface area contributed by atoms with Crippen molar-refractivity contribution in [3.05, 3.63) is 35.4 Å². The predicted octanol–water partition coefficient (Wildman–Crippen LogP) is 2.00. The van der Waals surface area contributed by atoms with Gasteiger partial charge in [-0.1, -0.05) is 24.3 Å². The fourth-order valence-corrected chi connectivity index (χ4v) is 2.25. The molecule has 1 aromatic rings. The largest absolute Gasteiger partial charge is 0.372 e. The van der Waals surface area contributed by atoms with Crippen LogP contribution in [0.4, 0.5) is 0 Å². The second kappa shape index (κ2) is 5.32. The molecule has 3 heteroatoms. The molecule has 0 aliphatic carbocycles. The fraction of sp³-hybridized carbons (Fsp3) is 0.500. The second-order valence-corrected chi connectivity index (χ2v) is 4.51. The summed E-state index contributed by atoms with van der Waals surface area (Å²) in [7, 11) is 1.58. The van der Waals surface area contributed by atoms with Crippen molar-refractivity contribution in [3.8, 4) is 0 Å². The molecule has 1 aromatic carbocycles. The summed E-state index contributed by atoms with van der Waals surface area (Å²) < 4.78 is 5.10. The Hall–Kier alpha value is -1.35. The van der Waals surface area contributed by atoms with Gasteiger partial charge in [0.2, 0.25) is 0 Å². The van der Waals surface area contributed by atoms with Gasteiger partial charge in [0.05, 0.1) is 0 Å². The third-order valence-corrected chi connectivity index (χ3v) is 3.37. The fourth-order valence-electron chi connectivity index (χ4n) is 2.25. The van der Waals surface area contributed by atoms with E-state index in [1.54, 1.807) is 14.0 Å². The summed E-state index contributed by atoms with van der Waals surface area (Å²) in [5, 5.41) is 0. The average molecular weight is 233 g/mol. The smallest absolute Gasteiger partial charge is 0.251 e. The molecule has 92 valence electrons. The van der Waals surface area contributed by atoms with Crippen LogP contribution in [-0.2, 0) is 22.5 Å². The Kier molecular flexibility index (Phi) is 3.79. The van der Waals surface area contributed by atoms with E-state index in [4.69, 9.17) is 4.74 Å². The van der Waals surface area contributed by atoms with E-state index in [2.05, 4.69) is 18.2 Å². The second-order valence-electron chi connectivity index (χ2n) is 4.51. The van der Waals surface area contributed by atoms with Crippen LogP contribution in [0.3, 0.4) is 0 Å². The average Bonchev–Trinajstić information content (AvgIpc) is 2.58. The lowest BCUT2D eigenvalue weighted by Crippen LogP contribution is -2.38. The van der Waals surface area contributed by atoms with Gasteiger partial charge in [-0.3, -0.25) is 4.79 Å². The Morgan fingerprint density at radius 3 is 2.76 bits per heavy atom. The van der Waals surface area contributed by atoms with Crippen LogP contribution in [0, 0.1) is 0 Å². The first-order chi connectivity index (χ1) is 8.22. The van der Waals surface area contributed by atoms with E-state index >= 15 is 0 Å². The zero-order valence-corrected chi connectivity index (χ0v) is 10.5. The van der Waals surface area contributed by atoms with E-state index in [-0.39, 0.29) is 12.0 Å². The predicted molar refractivity (Wildman–Crippen MR) is 66.7 cm³/mol. The molecule has 0 radical (unpaired) electrons. The first-order valence-corrected chi connectivity index (χ1v) is 6.10. The molecular formula is C14H19NO2. The van der Waals surface area contributed by atoms with Gasteiger partial charge < -0.3 is 9.64 Å². The molecule has 2 rings (SSSR count). The molecule has 1 aliphatic heterocycles. The number of carbonyl (C=O) groups excluding carboxylic acids is 1. The van der Waals surface area contributed by atoms with Crippen LogP contribution in [0.25, 0.3) is 0 Å². The first-order valence-electron chi connectivity index (χ1n) is 6.10. The van der Waals surface area contributed by atoms with Gasteiger partial charge in [-0.25, -0.2) is 0 Å². The Labute approximate surface area is 102 Å². The van der Waals surface area contributed by atoms with E-state index in [1.165, 1.54) is 11.1 Å². The lowest BCUT2D eigenvalue weighted by atomic mass is 10.0. The van der Waals surface area contributed by atoms with Crippen LogP contribution >= 0.6 is 0 Å². The number of rotatable bonds is 2. The van der Waals surface area contributed by atoms with Gasteiger partial charge in [0.25, 0.3) is 5.91 Å². The molecule has 1 unspecified atom stereocenters. The molecule has 0 aromatic heterocycles. The number of fused-ring (bicyclic) bond motifs is 1. The minimum Gasteiger partial charge on any atom is -0.372 e. The van der Waals surface area contributed by atoms with E-state index in [1.807, 2.05) is 11.0 Å². The van der Waals surface area contributed by atoms with E-state index in [9.17, 15) is 4.79 Å². The van der Waals surface area contributed by atoms with Gasteiger partial charge in [-0.05, 0) is 30.9 Å². The van der Waals surface area contributed by atoms with Crippen LogP contribution in [-0.4, -0.2) is 30.6 Å². The van der Waals surface area contributed by atoms with Gasteiger partial charge >= 0.3 is 0 Å². The minimum absolute atomic E-state index is 0.0872. The van der Waals surface area contributed by atoms with E-state index in [0.717, 1.165) is 19.4 Å². The van der Waals surface area contributed by atoms with Gasteiger partial charge in [-0.15, -0.1) is 0 Å². The third kappa shape index (κ3) is 2.67. The van der Waals surface area contributed by atoms with Crippen molar-refractivity contribution in [2.24, 2.45) is 0 Å². The highest BCUT2D eigenvalue weighted by Gasteiger charge is 2.22. The van der Waals surface area contributed by atoms with Crippen molar-refractivity contribution in [2.75, 3.05) is 13.7 Å². The number of methoxy groups -OCH3 is 1. The van der Waals surface area contributed by atoms with Gasteiger partial charge in [0, 0.05) is 20.2 Å². The van der Waals surface area contributed by atoms with E-state index < -0.39 is 0 Å². The summed E-state index contributed by atoms with van der Waals surface area (Å²) in [5.41, 5.74) is 2.63. The number of hydrogen-bond acceptors (Lipinski definition) is 2. The molecule has 1 aliphatic rings. The van der Waals surface area contributed by atoms with Crippen molar-refractivity contribution < 1.29 is 9.53 Å². The number of benzene rings is 1. The number of ether oxygens (including phenoxy) is 1. The highest BCUT2D eigenvalue weighted by molar-refractivity contribution is 5.80. The number of carbonyl (C=O) groups is 1. The zero-order valence-electron chi connectivity index (χ0n) is 10.5. The summed E-state index contributed by atoms with van der Waals surface area (Å²) in [6, 6.07) is 8.36. The molecule has 0 N–H and O–H groups in total. The monoisotopic (exact) mass is 233 g/mol. The number of amides is 1. The molecule has 0 fully saturated rings. The number of nitrogens with zero attached hydrogens (tertiary/aromatic N) is 1. The van der Waals surface area contributed by atoms with Gasteiger partial charge in [-0.2, -0.15) is 0 Å². The van der Waals surface area contributed by atoms with Crippen LogP contribution in [0.15, 0.2) is 24.3 Å². The Morgan fingerprint density at radius 1 is 1.35 bits per heavy atom. The molecule has 0 bridgehead atoms. The van der Waals surface area contributed by atoms with Gasteiger partial charge in [0.1, 0.15) is 6.10 Å². The lowest BCUT2D eigenvalue weighted by molar-refractivity contribution is -0.141. The SMILES string of the molecule is COC(C)C(=O)N1CCCc2ccccc2C1. The van der Waals surface area contributed by atoms with Crippen molar-refractivity contribution in [2.45, 2.75) is 32.4 Å². The molecular weight excluding hydrogens is 214 g/mol. The van der Waals surface area contributed by atoms with Crippen LogP contribution < -0.4 is 0 Å². The zero-order chi connectivity index (χ0) is 12.3. The topological polar surface area (TPSA) is 29.5 Å². The number of hydrogen-bond donors (Lipinski definition) is 0. The van der Waals surface area contributed by atoms with Crippen molar-refractivity contribution >= 4 is 5.91 Å². The summed E-state index contributed by atoms with van der Waals surface area (Å²) >= 11 is 0. The highest BCUT2D eigenvalue weighted by Crippen LogP contribution is 2.19. The Balaban J connectivity index is 2.15. The molecule has 0 saturated carbocycles. The summed E-state index contributed by atoms with van der Waals surface area (Å²) in [6.45, 7) is 3.34. The normalized spacial score (nSPS) is 17.2. The maximum Gasteiger partial charge on any atom is 0.251 e. The number of aryl methyl sites for hydroxylation is 1. The first kappa shape index (κ1) is 12.1. The quantitative estimate of drug-likeness (QED) is 0.782. The maximum absolute atomic E-state index is 12.1. The lowest BCUT2D eigenvalue weighted by Gasteiger charge is -2.23. The summed E-state index contributed by atoms with van der Waals surface area (Å²) in [4.78, 5) is 14.0. The van der Waals surface area contributed by atoms with Crippen LogP contribution in [0.2, 0.25) is 0 Å². The highest BCUT2D eigenvalue weighted by atomic mass is 16.5. The van der Waals surface area contributed by atoms with Gasteiger partial charge in [0.15, 0.2) is 0 Å². The van der Waals surface area contributed by atoms with E-state index in [0.29, 0.717) is 6.54 Å². The van der Waals surface area contributed by atoms with Crippen molar-refractivity contribution in [3.63, 3.8) is 0 Å². The van der Waals surface area contributed by atoms with Crippen molar-refractivity contribution in [1.82, 2.24) is 4.90 Å². The summed E-state index contributed by atoms with van der Waals surface area (Å²) in [5.74, 6) is 0.0872. The van der Waals surface area contributed by atoms with Crippen LogP contribution in [0.5, 0.6) is 0 Å². The Bertz CT molecular complexity index is 403. The van der Waals surface area contributed by atoms with Crippen LogP contribution in [0.1, 0.15) is 24.5 Å². The third-order valence-electron chi connectivity index (χ3n) is 3.37. The molecule has 1 heterocycles. The minimum atomic E-state index is -0.347.